The van der Waals surface area contributed by atoms with Gasteiger partial charge >= 0.3 is 0 Å². The molecule has 0 N–H and O–H groups in total. The molecule has 0 saturated carbocycles. The Morgan fingerprint density at radius 2 is 2.33 bits per heavy atom. The zero-order valence-electron chi connectivity index (χ0n) is 8.40. The van der Waals surface area contributed by atoms with Crippen LogP contribution < -0.4 is 0 Å². The number of benzene rings is 1. The van der Waals surface area contributed by atoms with E-state index in [1.807, 2.05) is 11.8 Å². The molecule has 4 heteroatoms. The van der Waals surface area contributed by atoms with Crippen molar-refractivity contribution in [3.8, 4) is 0 Å². The summed E-state index contributed by atoms with van der Waals surface area (Å²) in [7, 11) is 0. The van der Waals surface area contributed by atoms with Gasteiger partial charge in [0.2, 0.25) is 0 Å². The molecule has 2 aromatic rings. The molecule has 3 rings (SSSR count). The maximum absolute atomic E-state index is 4.66. The molecule has 1 atom stereocenters. The number of rotatable bonds is 1. The summed E-state index contributed by atoms with van der Waals surface area (Å²) < 4.78 is 3.53. The van der Waals surface area contributed by atoms with Gasteiger partial charge in [0.25, 0.3) is 0 Å². The van der Waals surface area contributed by atoms with E-state index in [9.17, 15) is 0 Å². The number of aromatic nitrogens is 2. The summed E-state index contributed by atoms with van der Waals surface area (Å²) >= 11 is 4.34. The Hall–Kier alpha value is -0.230. The third-order valence-electron chi connectivity index (χ3n) is 2.87. The van der Waals surface area contributed by atoms with Gasteiger partial charge in [-0.05, 0) is 19.1 Å². The van der Waals surface area contributed by atoms with Crippen LogP contribution in [0.2, 0.25) is 0 Å². The number of thioether (sulfide) groups is 1. The summed E-state index contributed by atoms with van der Waals surface area (Å²) in [6, 6.07) is 8.40. The van der Waals surface area contributed by atoms with Gasteiger partial charge in [0.15, 0.2) is 5.16 Å². The Balaban J connectivity index is 2.34. The van der Waals surface area contributed by atoms with Gasteiger partial charge in [-0.1, -0.05) is 46.5 Å². The number of hydrogen-bond acceptors (Lipinski definition) is 2. The minimum atomic E-state index is 0.233. The van der Waals surface area contributed by atoms with Crippen LogP contribution in [-0.4, -0.2) is 19.7 Å². The fourth-order valence-corrected chi connectivity index (χ4v) is 4.26. The number of hydrogen-bond donors (Lipinski definition) is 0. The van der Waals surface area contributed by atoms with Crippen LogP contribution >= 0.6 is 34.4 Å². The highest BCUT2D eigenvalue weighted by Crippen LogP contribution is 2.41. The third-order valence-corrected chi connectivity index (χ3v) is 5.81. The Morgan fingerprint density at radius 3 is 3.13 bits per heavy atom. The molecule has 2 heterocycles. The van der Waals surface area contributed by atoms with Gasteiger partial charge in [0.1, 0.15) is 0 Å². The van der Waals surface area contributed by atoms with Gasteiger partial charge in [0, 0.05) is 10.2 Å². The highest BCUT2D eigenvalue weighted by molar-refractivity contribution is 14.1. The molecule has 2 nitrogen and oxygen atoms in total. The van der Waals surface area contributed by atoms with Crippen LogP contribution in [0.5, 0.6) is 0 Å². The van der Waals surface area contributed by atoms with Gasteiger partial charge in [-0.25, -0.2) is 4.98 Å². The molecular weight excluding hydrogens is 319 g/mol. The molecule has 0 aliphatic carbocycles. The molecule has 0 radical (unpaired) electrons. The van der Waals surface area contributed by atoms with Crippen molar-refractivity contribution in [3.05, 3.63) is 24.3 Å². The van der Waals surface area contributed by atoms with Crippen molar-refractivity contribution >= 4 is 45.4 Å². The summed E-state index contributed by atoms with van der Waals surface area (Å²) in [4.78, 5) is 4.66. The molecule has 0 fully saturated rings. The fraction of sp³-hybridized carbons (Fsp3) is 0.364. The first-order chi connectivity index (χ1) is 7.24. The maximum Gasteiger partial charge on any atom is 0.169 e. The summed E-state index contributed by atoms with van der Waals surface area (Å²) in [5.41, 5.74) is 2.63. The normalized spacial score (nSPS) is 24.7. The van der Waals surface area contributed by atoms with Crippen LogP contribution in [0.1, 0.15) is 6.92 Å². The highest BCUT2D eigenvalue weighted by Gasteiger charge is 2.35. The lowest BCUT2D eigenvalue weighted by molar-refractivity contribution is 0.422. The second-order valence-corrected chi connectivity index (χ2v) is 5.84. The second-order valence-electron chi connectivity index (χ2n) is 4.14. The largest absolute Gasteiger partial charge is 0.311 e. The summed E-state index contributed by atoms with van der Waals surface area (Å²) in [6.07, 6.45) is 0. The number of imidazole rings is 1. The van der Waals surface area contributed by atoms with Crippen molar-refractivity contribution in [3.63, 3.8) is 0 Å². The van der Waals surface area contributed by atoms with E-state index in [1.165, 1.54) is 10.7 Å². The third kappa shape index (κ3) is 1.34. The lowest BCUT2D eigenvalue weighted by atomic mass is 10.1. The van der Waals surface area contributed by atoms with E-state index in [0.29, 0.717) is 0 Å². The summed E-state index contributed by atoms with van der Waals surface area (Å²) in [5.74, 6) is 1.14. The topological polar surface area (TPSA) is 17.8 Å². The lowest BCUT2D eigenvalue weighted by Crippen LogP contribution is -2.30. The summed E-state index contributed by atoms with van der Waals surface area (Å²) in [6.45, 7) is 2.32. The van der Waals surface area contributed by atoms with Crippen LogP contribution in [0.4, 0.5) is 0 Å². The Morgan fingerprint density at radius 1 is 1.53 bits per heavy atom. The second kappa shape index (κ2) is 3.38. The molecule has 15 heavy (non-hydrogen) atoms. The molecule has 1 aliphatic heterocycles. The smallest absolute Gasteiger partial charge is 0.169 e. The number of para-hydroxylation sites is 2. The van der Waals surface area contributed by atoms with Crippen LogP contribution in [0, 0.1) is 0 Å². The maximum atomic E-state index is 4.66. The van der Waals surface area contributed by atoms with Crippen molar-refractivity contribution in [2.75, 3.05) is 10.2 Å². The van der Waals surface area contributed by atoms with Crippen molar-refractivity contribution in [2.24, 2.45) is 0 Å². The number of nitrogens with zero attached hydrogens (tertiary/aromatic N) is 2. The molecule has 0 saturated heterocycles. The average Bonchev–Trinajstić information content (AvgIpc) is 2.78. The first kappa shape index (κ1) is 9.96. The molecular formula is C11H11IN2S. The van der Waals surface area contributed by atoms with E-state index in [2.05, 4.69) is 63.3 Å². The van der Waals surface area contributed by atoms with E-state index in [4.69, 9.17) is 0 Å². The van der Waals surface area contributed by atoms with E-state index in [1.54, 1.807) is 0 Å². The van der Waals surface area contributed by atoms with Crippen molar-refractivity contribution < 1.29 is 0 Å². The predicted octanol–water partition coefficient (Wildman–Crippen LogP) is 3.29. The molecule has 1 aliphatic rings. The van der Waals surface area contributed by atoms with Gasteiger partial charge < -0.3 is 4.57 Å². The molecule has 0 unspecified atom stereocenters. The fourth-order valence-electron chi connectivity index (χ4n) is 2.01. The highest BCUT2D eigenvalue weighted by atomic mass is 127. The standard InChI is InChI=1S/C11H11IN2S/c1-11(6-12)7-15-10-13-8-4-2-3-5-9(8)14(10)11/h2-5H,6-7H2,1H3/t11-/m1/s1. The zero-order chi connectivity index (χ0) is 10.5. The van der Waals surface area contributed by atoms with Gasteiger partial charge in [-0.15, -0.1) is 0 Å². The monoisotopic (exact) mass is 330 g/mol. The SMILES string of the molecule is C[C@@]1(CI)CSc2nc3ccccc3n21. The van der Waals surface area contributed by atoms with Crippen LogP contribution in [-0.2, 0) is 5.54 Å². The predicted molar refractivity (Wildman–Crippen MR) is 73.0 cm³/mol. The van der Waals surface area contributed by atoms with Gasteiger partial charge in [-0.2, -0.15) is 0 Å². The van der Waals surface area contributed by atoms with E-state index < -0.39 is 0 Å². The molecule has 0 bridgehead atoms. The lowest BCUT2D eigenvalue weighted by Gasteiger charge is -2.23. The minimum Gasteiger partial charge on any atom is -0.311 e. The quantitative estimate of drug-likeness (QED) is 0.590. The average molecular weight is 330 g/mol. The Labute approximate surface area is 107 Å². The molecule has 78 valence electrons. The van der Waals surface area contributed by atoms with Crippen LogP contribution in [0.3, 0.4) is 0 Å². The van der Waals surface area contributed by atoms with Gasteiger partial charge in [0.05, 0.1) is 16.6 Å². The molecule has 1 aromatic carbocycles. The number of alkyl halides is 1. The first-order valence-electron chi connectivity index (χ1n) is 4.91. The molecule has 0 spiro atoms. The first-order valence-corrected chi connectivity index (χ1v) is 7.42. The minimum absolute atomic E-state index is 0.233. The van der Waals surface area contributed by atoms with E-state index in [0.717, 1.165) is 15.7 Å². The van der Waals surface area contributed by atoms with Crippen molar-refractivity contribution in [1.29, 1.82) is 0 Å². The van der Waals surface area contributed by atoms with Crippen LogP contribution in [0.15, 0.2) is 29.4 Å². The Bertz CT molecular complexity index is 522. The number of fused-ring (bicyclic) bond motifs is 3. The van der Waals surface area contributed by atoms with Crippen LogP contribution in [0.25, 0.3) is 11.0 Å². The van der Waals surface area contributed by atoms with Crippen molar-refractivity contribution in [2.45, 2.75) is 17.6 Å². The number of halogens is 1. The van der Waals surface area contributed by atoms with Gasteiger partial charge in [-0.3, -0.25) is 0 Å². The van der Waals surface area contributed by atoms with E-state index >= 15 is 0 Å². The molecule has 1 aromatic heterocycles. The summed E-state index contributed by atoms with van der Waals surface area (Å²) in [5, 5.41) is 1.18. The molecule has 0 amide bonds. The zero-order valence-corrected chi connectivity index (χ0v) is 11.4. The van der Waals surface area contributed by atoms with E-state index in [-0.39, 0.29) is 5.54 Å². The Kier molecular flexibility index (Phi) is 2.24. The van der Waals surface area contributed by atoms with Crippen molar-refractivity contribution in [1.82, 2.24) is 9.55 Å².